The molecule has 0 saturated carbocycles. The van der Waals surface area contributed by atoms with E-state index in [1.165, 1.54) is 7.11 Å². The van der Waals surface area contributed by atoms with Crippen molar-refractivity contribution in [2.75, 3.05) is 27.3 Å². The third kappa shape index (κ3) is 2.53. The smallest absolute Gasteiger partial charge is 0.338 e. The summed E-state index contributed by atoms with van der Waals surface area (Å²) < 4.78 is 10.9. The number of carbonyl (C=O) groups is 2. The van der Waals surface area contributed by atoms with Crippen LogP contribution >= 0.6 is 0 Å². The molecule has 0 radical (unpaired) electrons. The molecular weight excluding hydrogens is 356 g/mol. The fraction of sp³-hybridized carbons (Fsp3) is 0.727. The van der Waals surface area contributed by atoms with Crippen LogP contribution in [-0.2, 0) is 19.1 Å². The van der Waals surface area contributed by atoms with Crippen LogP contribution in [0.5, 0.6) is 0 Å². The van der Waals surface area contributed by atoms with Crippen LogP contribution in [0.3, 0.4) is 0 Å². The molecule has 1 aliphatic carbocycles. The summed E-state index contributed by atoms with van der Waals surface area (Å²) in [5.41, 5.74) is -1.42. The SMILES string of the molecule is CC[C@@H]1CN2CC[C@]3(C(=O)NC4C=CC=CC43)C2C[C@@H]1C(C)(OC)C(=O)OC. The van der Waals surface area contributed by atoms with Crippen LogP contribution in [0.4, 0.5) is 0 Å². The quantitative estimate of drug-likeness (QED) is 0.745. The van der Waals surface area contributed by atoms with Crippen molar-refractivity contribution in [1.29, 1.82) is 0 Å². The second-order valence-corrected chi connectivity index (χ2v) is 8.91. The lowest BCUT2D eigenvalue weighted by Gasteiger charge is -2.50. The molecule has 3 aliphatic heterocycles. The highest BCUT2D eigenvalue weighted by molar-refractivity contribution is 5.88. The van der Waals surface area contributed by atoms with Crippen molar-refractivity contribution in [3.8, 4) is 0 Å². The van der Waals surface area contributed by atoms with Crippen molar-refractivity contribution in [3.63, 3.8) is 0 Å². The van der Waals surface area contributed by atoms with Crippen LogP contribution in [0, 0.1) is 23.2 Å². The van der Waals surface area contributed by atoms with Gasteiger partial charge in [-0.3, -0.25) is 9.69 Å². The van der Waals surface area contributed by atoms with Crippen LogP contribution in [-0.4, -0.2) is 61.8 Å². The summed E-state index contributed by atoms with van der Waals surface area (Å²) in [5.74, 6) is 0.356. The van der Waals surface area contributed by atoms with E-state index in [0.29, 0.717) is 5.92 Å². The summed E-state index contributed by atoms with van der Waals surface area (Å²) in [6, 6.07) is 0.194. The summed E-state index contributed by atoms with van der Waals surface area (Å²) in [5, 5.41) is 3.22. The van der Waals surface area contributed by atoms with Gasteiger partial charge in [0.05, 0.1) is 18.6 Å². The molecule has 0 bridgehead atoms. The van der Waals surface area contributed by atoms with Gasteiger partial charge in [0.25, 0.3) is 0 Å². The summed E-state index contributed by atoms with van der Waals surface area (Å²) >= 11 is 0. The number of carbonyl (C=O) groups excluding carboxylic acids is 2. The van der Waals surface area contributed by atoms with Crippen LogP contribution in [0.1, 0.15) is 33.1 Å². The summed E-state index contributed by atoms with van der Waals surface area (Å²) in [4.78, 5) is 28.4. The van der Waals surface area contributed by atoms with Crippen molar-refractivity contribution in [1.82, 2.24) is 10.2 Å². The lowest BCUT2D eigenvalue weighted by Crippen LogP contribution is -2.59. The number of rotatable bonds is 4. The van der Waals surface area contributed by atoms with Crippen LogP contribution < -0.4 is 5.32 Å². The Morgan fingerprint density at radius 1 is 1.36 bits per heavy atom. The van der Waals surface area contributed by atoms with E-state index in [-0.39, 0.29) is 35.8 Å². The molecule has 3 saturated heterocycles. The molecule has 3 fully saturated rings. The lowest BCUT2D eigenvalue weighted by atomic mass is 9.62. The van der Waals surface area contributed by atoms with Crippen LogP contribution in [0.15, 0.2) is 24.3 Å². The number of esters is 1. The number of ether oxygens (including phenoxy) is 2. The van der Waals surface area contributed by atoms with E-state index in [0.717, 1.165) is 32.4 Å². The molecule has 3 heterocycles. The highest BCUT2D eigenvalue weighted by Gasteiger charge is 2.65. The van der Waals surface area contributed by atoms with Gasteiger partial charge >= 0.3 is 5.97 Å². The zero-order valence-corrected chi connectivity index (χ0v) is 17.3. The number of hydrogen-bond donors (Lipinski definition) is 1. The maximum atomic E-state index is 13.3. The molecule has 1 N–H and O–H groups in total. The van der Waals surface area contributed by atoms with Gasteiger partial charge in [-0.2, -0.15) is 0 Å². The maximum Gasteiger partial charge on any atom is 0.338 e. The van der Waals surface area contributed by atoms with Gasteiger partial charge in [0.2, 0.25) is 5.91 Å². The largest absolute Gasteiger partial charge is 0.467 e. The van der Waals surface area contributed by atoms with Crippen molar-refractivity contribution in [3.05, 3.63) is 24.3 Å². The van der Waals surface area contributed by atoms with Crippen molar-refractivity contribution >= 4 is 11.9 Å². The van der Waals surface area contributed by atoms with Gasteiger partial charge in [-0.05, 0) is 32.2 Å². The highest BCUT2D eigenvalue weighted by Crippen LogP contribution is 2.55. The van der Waals surface area contributed by atoms with Crippen molar-refractivity contribution in [2.24, 2.45) is 23.2 Å². The van der Waals surface area contributed by atoms with Gasteiger partial charge in [0.1, 0.15) is 0 Å². The monoisotopic (exact) mass is 388 g/mol. The minimum absolute atomic E-state index is 0.0149. The first-order valence-corrected chi connectivity index (χ1v) is 10.5. The van der Waals surface area contributed by atoms with Gasteiger partial charge in [-0.15, -0.1) is 0 Å². The lowest BCUT2D eigenvalue weighted by molar-refractivity contribution is -0.179. The van der Waals surface area contributed by atoms with E-state index in [1.54, 1.807) is 7.11 Å². The minimum atomic E-state index is -0.998. The Labute approximate surface area is 167 Å². The average Bonchev–Trinajstić information content (AvgIpc) is 3.24. The van der Waals surface area contributed by atoms with E-state index in [4.69, 9.17) is 9.47 Å². The first kappa shape index (κ1) is 19.6. The third-order valence-electron chi connectivity index (χ3n) is 8.06. The van der Waals surface area contributed by atoms with Crippen molar-refractivity contribution in [2.45, 2.75) is 50.8 Å². The van der Waals surface area contributed by atoms with E-state index in [1.807, 2.05) is 13.0 Å². The number of fused-ring (bicyclic) bond motifs is 4. The molecule has 6 nitrogen and oxygen atoms in total. The second-order valence-electron chi connectivity index (χ2n) is 8.91. The molecule has 7 atom stereocenters. The number of allylic oxidation sites excluding steroid dienone is 2. The first-order chi connectivity index (χ1) is 13.4. The van der Waals surface area contributed by atoms with Crippen LogP contribution in [0.2, 0.25) is 0 Å². The molecule has 4 aliphatic rings. The van der Waals surface area contributed by atoms with E-state index >= 15 is 0 Å². The molecule has 0 aromatic carbocycles. The van der Waals surface area contributed by atoms with Gasteiger partial charge in [-0.25, -0.2) is 4.79 Å². The molecule has 0 aromatic rings. The van der Waals surface area contributed by atoms with E-state index in [2.05, 4.69) is 35.4 Å². The predicted octanol–water partition coefficient (Wildman–Crippen LogP) is 1.91. The number of methoxy groups -OCH3 is 2. The summed E-state index contributed by atoms with van der Waals surface area (Å²) in [6.07, 6.45) is 11.0. The standard InChI is InChI=1S/C22H32N2O4/c1-5-14-13-24-11-10-22(15-8-6-7-9-17(15)23-19(22)25)18(24)12-16(14)21(2,28-4)20(26)27-3/h6-9,14-18H,5,10-13H2,1-4H3,(H,23,25)/t14-,15?,16+,17?,18?,21?,22-/m1/s1. The molecule has 4 unspecified atom stereocenters. The molecule has 1 spiro atoms. The molecule has 154 valence electrons. The number of hydrogen-bond acceptors (Lipinski definition) is 5. The van der Waals surface area contributed by atoms with Gasteiger partial charge in [0.15, 0.2) is 5.60 Å². The fourth-order valence-electron chi connectivity index (χ4n) is 6.42. The first-order valence-electron chi connectivity index (χ1n) is 10.5. The Kier molecular flexibility index (Phi) is 4.91. The Hall–Kier alpha value is -1.66. The topological polar surface area (TPSA) is 67.9 Å². The van der Waals surface area contributed by atoms with Crippen LogP contribution in [0.25, 0.3) is 0 Å². The number of piperidine rings is 1. The average molecular weight is 389 g/mol. The normalized spacial score (nSPS) is 41.4. The molecule has 4 rings (SSSR count). The van der Waals surface area contributed by atoms with E-state index in [9.17, 15) is 9.59 Å². The highest BCUT2D eigenvalue weighted by atomic mass is 16.6. The maximum absolute atomic E-state index is 13.3. The Morgan fingerprint density at radius 3 is 2.79 bits per heavy atom. The number of nitrogens with zero attached hydrogens (tertiary/aromatic N) is 1. The number of amides is 1. The Bertz CT molecular complexity index is 719. The zero-order chi connectivity index (χ0) is 20.1. The van der Waals surface area contributed by atoms with Gasteiger partial charge in [-0.1, -0.05) is 37.6 Å². The third-order valence-corrected chi connectivity index (χ3v) is 8.06. The second kappa shape index (κ2) is 6.99. The van der Waals surface area contributed by atoms with Gasteiger partial charge in [0, 0.05) is 31.5 Å². The fourth-order valence-corrected chi connectivity index (χ4v) is 6.42. The molecule has 28 heavy (non-hydrogen) atoms. The molecule has 6 heteroatoms. The Balaban J connectivity index is 1.71. The number of nitrogens with one attached hydrogen (secondary N) is 1. The molecule has 1 amide bonds. The predicted molar refractivity (Wildman–Crippen MR) is 105 cm³/mol. The van der Waals surface area contributed by atoms with E-state index < -0.39 is 11.0 Å². The Morgan fingerprint density at radius 2 is 2.11 bits per heavy atom. The zero-order valence-electron chi connectivity index (χ0n) is 17.3. The minimum Gasteiger partial charge on any atom is -0.467 e. The molecular formula is C22H32N2O4. The summed E-state index contributed by atoms with van der Waals surface area (Å²) in [6.45, 7) is 5.85. The summed E-state index contributed by atoms with van der Waals surface area (Å²) in [7, 11) is 3.01. The van der Waals surface area contributed by atoms with Crippen molar-refractivity contribution < 1.29 is 19.1 Å². The molecule has 0 aromatic heterocycles. The van der Waals surface area contributed by atoms with Gasteiger partial charge < -0.3 is 14.8 Å².